The number of carboxylic acids is 1. The van der Waals surface area contributed by atoms with E-state index in [9.17, 15) is 9.59 Å². The number of rotatable bonds is 9. The number of nitrogens with one attached hydrogen (secondary N) is 1. The molecule has 2 N–H and O–H groups in total. The number of aryl methyl sites for hydroxylation is 2. The number of aliphatic carboxylic acids is 1. The molecule has 1 unspecified atom stereocenters. The summed E-state index contributed by atoms with van der Waals surface area (Å²) in [6.07, 6.45) is 1.66. The molecule has 2 aromatic rings. The van der Waals surface area contributed by atoms with E-state index in [0.29, 0.717) is 12.1 Å². The normalized spacial score (nSPS) is 11.3. The minimum atomic E-state index is -0.922. The van der Waals surface area contributed by atoms with Gasteiger partial charge in [-0.05, 0) is 50.2 Å². The van der Waals surface area contributed by atoms with E-state index in [2.05, 4.69) is 17.4 Å². The molecule has 0 aliphatic carbocycles. The number of benzene rings is 2. The van der Waals surface area contributed by atoms with Gasteiger partial charge in [0.2, 0.25) is 0 Å². The minimum absolute atomic E-state index is 0.0996. The zero-order chi connectivity index (χ0) is 20.9. The van der Waals surface area contributed by atoms with Crippen LogP contribution in [0.25, 0.3) is 0 Å². The fourth-order valence-electron chi connectivity index (χ4n) is 2.88. The largest absolute Gasteiger partial charge is 0.481 e. The van der Waals surface area contributed by atoms with Crippen molar-refractivity contribution in [2.24, 2.45) is 0 Å². The van der Waals surface area contributed by atoms with Crippen LogP contribution in [-0.2, 0) is 17.6 Å². The fourth-order valence-corrected chi connectivity index (χ4v) is 2.88. The van der Waals surface area contributed by atoms with Crippen LogP contribution >= 0.6 is 0 Å². The second-order valence-electron chi connectivity index (χ2n) is 6.72. The van der Waals surface area contributed by atoms with E-state index in [1.54, 1.807) is 6.07 Å². The summed E-state index contributed by atoms with van der Waals surface area (Å²) in [5.74, 6) is -1.16. The molecule has 1 amide bonds. The molecular formula is C23H32N2O3. The summed E-state index contributed by atoms with van der Waals surface area (Å²) in [5.41, 5.74) is 2.91. The molecule has 1 atom stereocenters. The number of amides is 1. The Morgan fingerprint density at radius 1 is 0.964 bits per heavy atom. The molecule has 5 heteroatoms. The first-order valence-electron chi connectivity index (χ1n) is 9.74. The summed E-state index contributed by atoms with van der Waals surface area (Å²) in [5, 5.41) is 11.9. The number of nitrogens with zero attached hydrogens (tertiary/aromatic N) is 1. The molecule has 0 aromatic heterocycles. The summed E-state index contributed by atoms with van der Waals surface area (Å²) < 4.78 is 0. The van der Waals surface area contributed by atoms with Crippen molar-refractivity contribution in [2.45, 2.75) is 39.2 Å². The molecule has 0 saturated heterocycles. The first-order valence-corrected chi connectivity index (χ1v) is 9.74. The van der Waals surface area contributed by atoms with Crippen molar-refractivity contribution in [3.63, 3.8) is 0 Å². The standard InChI is InChI=1S/C21H26N2O3.C2H6/c1-23(2)15-19(14-20(24)25)22-21(26)18-10-6-9-17(13-18)12-11-16-7-4-3-5-8-16;1-2/h3-10,13,19H,11-12,14-15H2,1-2H3,(H,22,26)(H,24,25);1-2H3. The van der Waals surface area contributed by atoms with E-state index >= 15 is 0 Å². The van der Waals surface area contributed by atoms with Crippen molar-refractivity contribution >= 4 is 11.9 Å². The lowest BCUT2D eigenvalue weighted by Gasteiger charge is -2.21. The molecule has 2 aromatic carbocycles. The summed E-state index contributed by atoms with van der Waals surface area (Å²) in [6.45, 7) is 4.48. The van der Waals surface area contributed by atoms with Gasteiger partial charge < -0.3 is 15.3 Å². The summed E-state index contributed by atoms with van der Waals surface area (Å²) in [7, 11) is 3.70. The molecule has 0 bridgehead atoms. The monoisotopic (exact) mass is 384 g/mol. The van der Waals surface area contributed by atoms with Crippen LogP contribution in [0, 0.1) is 0 Å². The Labute approximate surface area is 168 Å². The number of carbonyl (C=O) groups is 2. The Bertz CT molecular complexity index is 730. The maximum absolute atomic E-state index is 12.5. The predicted octanol–water partition coefficient (Wildman–Crippen LogP) is 3.63. The van der Waals surface area contributed by atoms with E-state index in [1.165, 1.54) is 5.56 Å². The van der Waals surface area contributed by atoms with Gasteiger partial charge in [0.15, 0.2) is 0 Å². The van der Waals surface area contributed by atoms with E-state index in [1.807, 2.05) is 69.2 Å². The van der Waals surface area contributed by atoms with Crippen LogP contribution in [0.2, 0.25) is 0 Å². The first kappa shape index (κ1) is 23.4. The molecule has 0 aliphatic heterocycles. The van der Waals surface area contributed by atoms with Gasteiger partial charge in [-0.1, -0.05) is 56.3 Å². The molecule has 0 spiro atoms. The molecule has 5 nitrogen and oxygen atoms in total. The van der Waals surface area contributed by atoms with Gasteiger partial charge in [-0.15, -0.1) is 0 Å². The Morgan fingerprint density at radius 3 is 2.18 bits per heavy atom. The van der Waals surface area contributed by atoms with E-state index in [-0.39, 0.29) is 12.3 Å². The van der Waals surface area contributed by atoms with Gasteiger partial charge in [0.1, 0.15) is 0 Å². The second-order valence-corrected chi connectivity index (χ2v) is 6.72. The number of carbonyl (C=O) groups excluding carboxylic acids is 1. The second kappa shape index (κ2) is 12.7. The highest BCUT2D eigenvalue weighted by Gasteiger charge is 2.18. The molecule has 0 radical (unpaired) electrons. The number of hydrogen-bond donors (Lipinski definition) is 2. The molecule has 0 saturated carbocycles. The Balaban J connectivity index is 0.00000190. The Kier molecular flexibility index (Phi) is 10.6. The zero-order valence-electron chi connectivity index (χ0n) is 17.3. The fraction of sp³-hybridized carbons (Fsp3) is 0.391. The van der Waals surface area contributed by atoms with Crippen molar-refractivity contribution in [2.75, 3.05) is 20.6 Å². The van der Waals surface area contributed by atoms with Crippen molar-refractivity contribution < 1.29 is 14.7 Å². The molecule has 2 rings (SSSR count). The van der Waals surface area contributed by atoms with Crippen molar-refractivity contribution in [1.82, 2.24) is 10.2 Å². The van der Waals surface area contributed by atoms with Gasteiger partial charge in [0, 0.05) is 12.1 Å². The average molecular weight is 385 g/mol. The number of likely N-dealkylation sites (N-methyl/N-ethyl adjacent to an activating group) is 1. The van der Waals surface area contributed by atoms with E-state index in [4.69, 9.17) is 5.11 Å². The SMILES string of the molecule is CC.CN(C)CC(CC(=O)O)NC(=O)c1cccc(CCc2ccccc2)c1. The van der Waals surface area contributed by atoms with Crippen LogP contribution in [0.5, 0.6) is 0 Å². The smallest absolute Gasteiger partial charge is 0.305 e. The van der Waals surface area contributed by atoms with Crippen molar-refractivity contribution in [3.8, 4) is 0 Å². The average Bonchev–Trinajstić information content (AvgIpc) is 2.68. The van der Waals surface area contributed by atoms with Gasteiger partial charge in [0.05, 0.1) is 12.5 Å². The van der Waals surface area contributed by atoms with Gasteiger partial charge in [-0.3, -0.25) is 9.59 Å². The lowest BCUT2D eigenvalue weighted by molar-refractivity contribution is -0.137. The van der Waals surface area contributed by atoms with Gasteiger partial charge in [-0.2, -0.15) is 0 Å². The molecular weight excluding hydrogens is 352 g/mol. The van der Waals surface area contributed by atoms with Crippen LogP contribution in [-0.4, -0.2) is 48.6 Å². The minimum Gasteiger partial charge on any atom is -0.481 e. The molecule has 0 heterocycles. The third-order valence-corrected chi connectivity index (χ3v) is 4.08. The molecule has 0 aliphatic rings. The highest BCUT2D eigenvalue weighted by atomic mass is 16.4. The van der Waals surface area contributed by atoms with Gasteiger partial charge in [-0.25, -0.2) is 0 Å². The Hall–Kier alpha value is -2.66. The Morgan fingerprint density at radius 2 is 1.57 bits per heavy atom. The lowest BCUT2D eigenvalue weighted by atomic mass is 10.0. The third-order valence-electron chi connectivity index (χ3n) is 4.08. The predicted molar refractivity (Wildman–Crippen MR) is 114 cm³/mol. The van der Waals surface area contributed by atoms with Crippen molar-refractivity contribution in [1.29, 1.82) is 0 Å². The maximum Gasteiger partial charge on any atom is 0.305 e. The quantitative estimate of drug-likeness (QED) is 0.693. The van der Waals surface area contributed by atoms with Crippen LogP contribution in [0.4, 0.5) is 0 Å². The third kappa shape index (κ3) is 8.82. The van der Waals surface area contributed by atoms with Crippen LogP contribution < -0.4 is 5.32 Å². The highest BCUT2D eigenvalue weighted by molar-refractivity contribution is 5.94. The summed E-state index contributed by atoms with van der Waals surface area (Å²) in [6, 6.07) is 17.3. The summed E-state index contributed by atoms with van der Waals surface area (Å²) in [4.78, 5) is 25.4. The number of carboxylic acid groups (broad SMARTS) is 1. The van der Waals surface area contributed by atoms with Crippen LogP contribution in [0.1, 0.15) is 41.8 Å². The maximum atomic E-state index is 12.5. The zero-order valence-corrected chi connectivity index (χ0v) is 17.3. The van der Waals surface area contributed by atoms with Crippen LogP contribution in [0.15, 0.2) is 54.6 Å². The molecule has 152 valence electrons. The molecule has 0 fully saturated rings. The van der Waals surface area contributed by atoms with E-state index in [0.717, 1.165) is 18.4 Å². The van der Waals surface area contributed by atoms with Gasteiger partial charge >= 0.3 is 5.97 Å². The highest BCUT2D eigenvalue weighted by Crippen LogP contribution is 2.10. The molecule has 28 heavy (non-hydrogen) atoms. The topological polar surface area (TPSA) is 69.6 Å². The number of hydrogen-bond acceptors (Lipinski definition) is 3. The van der Waals surface area contributed by atoms with Gasteiger partial charge in [0.25, 0.3) is 5.91 Å². The lowest BCUT2D eigenvalue weighted by Crippen LogP contribution is -2.43. The van der Waals surface area contributed by atoms with Crippen molar-refractivity contribution in [3.05, 3.63) is 71.3 Å². The first-order chi connectivity index (χ1) is 13.4. The van der Waals surface area contributed by atoms with E-state index < -0.39 is 12.0 Å². The summed E-state index contributed by atoms with van der Waals surface area (Å²) >= 11 is 0. The van der Waals surface area contributed by atoms with Crippen LogP contribution in [0.3, 0.4) is 0 Å².